The molecule has 2 rings (SSSR count). The Kier molecular flexibility index (Phi) is 3.69. The lowest BCUT2D eigenvalue weighted by Gasteiger charge is -2.16. The van der Waals surface area contributed by atoms with Gasteiger partial charge < -0.3 is 20.3 Å². The number of carbonyl (C=O) groups is 2. The number of carbonyl (C=O) groups excluding carboxylic acids is 1. The van der Waals surface area contributed by atoms with E-state index < -0.39 is 12.0 Å². The minimum Gasteiger partial charge on any atom is -0.477 e. The number of anilines is 1. The summed E-state index contributed by atoms with van der Waals surface area (Å²) < 4.78 is 0. The SMILES string of the molecule is Cc1cc(NC(=O)N(C)Cc2ncn[nH]2)c(C(=O)O)[nH]1. The second-order valence-electron chi connectivity index (χ2n) is 4.26. The average molecular weight is 278 g/mol. The van der Waals surface area contributed by atoms with Crippen molar-refractivity contribution in [3.8, 4) is 0 Å². The highest BCUT2D eigenvalue weighted by molar-refractivity contribution is 5.99. The molecule has 0 bridgehead atoms. The summed E-state index contributed by atoms with van der Waals surface area (Å²) >= 11 is 0. The fraction of sp³-hybridized carbons (Fsp3) is 0.273. The molecule has 2 amide bonds. The molecule has 2 aromatic rings. The Morgan fingerprint density at radius 1 is 1.50 bits per heavy atom. The summed E-state index contributed by atoms with van der Waals surface area (Å²) in [5, 5.41) is 17.9. The van der Waals surface area contributed by atoms with E-state index in [0.717, 1.165) is 0 Å². The van der Waals surface area contributed by atoms with Crippen molar-refractivity contribution in [2.45, 2.75) is 13.5 Å². The molecule has 0 aromatic carbocycles. The molecule has 0 saturated carbocycles. The van der Waals surface area contributed by atoms with Gasteiger partial charge in [0.25, 0.3) is 0 Å². The summed E-state index contributed by atoms with van der Waals surface area (Å²) in [5.74, 6) is -0.599. The molecule has 9 nitrogen and oxygen atoms in total. The number of hydrogen-bond donors (Lipinski definition) is 4. The molecular formula is C11H14N6O3. The maximum absolute atomic E-state index is 12.0. The van der Waals surface area contributed by atoms with Crippen molar-refractivity contribution in [2.75, 3.05) is 12.4 Å². The maximum Gasteiger partial charge on any atom is 0.354 e. The van der Waals surface area contributed by atoms with E-state index in [4.69, 9.17) is 5.11 Å². The standard InChI is InChI=1S/C11H14N6O3/c1-6-3-7(9(14-6)10(18)19)15-11(20)17(2)4-8-12-5-13-16-8/h3,5,14H,4H2,1-2H3,(H,15,20)(H,18,19)(H,12,13,16). The lowest BCUT2D eigenvalue weighted by molar-refractivity contribution is 0.0692. The highest BCUT2D eigenvalue weighted by atomic mass is 16.4. The number of carboxylic acids is 1. The van der Waals surface area contributed by atoms with Crippen molar-refractivity contribution < 1.29 is 14.7 Å². The largest absolute Gasteiger partial charge is 0.477 e. The van der Waals surface area contributed by atoms with E-state index in [-0.39, 0.29) is 17.9 Å². The summed E-state index contributed by atoms with van der Waals surface area (Å²) in [6.45, 7) is 1.94. The number of urea groups is 1. The van der Waals surface area contributed by atoms with E-state index in [1.165, 1.54) is 11.2 Å². The Bertz CT molecular complexity index is 618. The molecule has 4 N–H and O–H groups in total. The fourth-order valence-corrected chi connectivity index (χ4v) is 1.67. The van der Waals surface area contributed by atoms with Gasteiger partial charge in [-0.1, -0.05) is 0 Å². The van der Waals surface area contributed by atoms with Crippen LogP contribution >= 0.6 is 0 Å². The number of amides is 2. The number of aromatic amines is 2. The zero-order chi connectivity index (χ0) is 14.7. The van der Waals surface area contributed by atoms with Gasteiger partial charge in [0, 0.05) is 12.7 Å². The second kappa shape index (κ2) is 5.43. The van der Waals surface area contributed by atoms with Crippen LogP contribution in [0.3, 0.4) is 0 Å². The molecule has 9 heteroatoms. The first kappa shape index (κ1) is 13.6. The number of nitrogens with one attached hydrogen (secondary N) is 3. The smallest absolute Gasteiger partial charge is 0.354 e. The van der Waals surface area contributed by atoms with Crippen LogP contribution in [0.4, 0.5) is 10.5 Å². The first-order chi connectivity index (χ1) is 9.47. The summed E-state index contributed by atoms with van der Waals surface area (Å²) in [6.07, 6.45) is 1.35. The van der Waals surface area contributed by atoms with Gasteiger partial charge in [0.2, 0.25) is 0 Å². The van der Waals surface area contributed by atoms with Gasteiger partial charge in [0.15, 0.2) is 0 Å². The molecular weight excluding hydrogens is 264 g/mol. The van der Waals surface area contributed by atoms with Gasteiger partial charge in [-0.3, -0.25) is 5.10 Å². The molecule has 0 unspecified atom stereocenters. The number of H-pyrrole nitrogens is 2. The van der Waals surface area contributed by atoms with Crippen LogP contribution in [-0.4, -0.2) is 49.2 Å². The van der Waals surface area contributed by atoms with Crippen molar-refractivity contribution >= 4 is 17.7 Å². The lowest BCUT2D eigenvalue weighted by Crippen LogP contribution is -2.31. The second-order valence-corrected chi connectivity index (χ2v) is 4.26. The van der Waals surface area contributed by atoms with Crippen LogP contribution in [0.1, 0.15) is 22.0 Å². The van der Waals surface area contributed by atoms with E-state index in [1.54, 1.807) is 20.0 Å². The molecule has 2 heterocycles. The monoisotopic (exact) mass is 278 g/mol. The normalized spacial score (nSPS) is 10.3. The van der Waals surface area contributed by atoms with Gasteiger partial charge in [0.05, 0.1) is 12.2 Å². The predicted octanol–water partition coefficient (Wildman–Crippen LogP) is 0.803. The van der Waals surface area contributed by atoms with E-state index in [9.17, 15) is 9.59 Å². The molecule has 0 aliphatic heterocycles. The van der Waals surface area contributed by atoms with Gasteiger partial charge in [0.1, 0.15) is 17.8 Å². The Morgan fingerprint density at radius 2 is 2.25 bits per heavy atom. The third-order valence-electron chi connectivity index (χ3n) is 2.61. The number of rotatable bonds is 4. The number of hydrogen-bond acceptors (Lipinski definition) is 4. The van der Waals surface area contributed by atoms with Crippen molar-refractivity contribution in [3.63, 3.8) is 0 Å². The zero-order valence-corrected chi connectivity index (χ0v) is 11.0. The number of aromatic nitrogens is 4. The number of carboxylic acid groups (broad SMARTS) is 1. The first-order valence-corrected chi connectivity index (χ1v) is 5.76. The van der Waals surface area contributed by atoms with Crippen molar-refractivity contribution in [1.29, 1.82) is 0 Å². The third kappa shape index (κ3) is 2.94. The molecule has 0 aliphatic carbocycles. The van der Waals surface area contributed by atoms with E-state index in [0.29, 0.717) is 11.5 Å². The van der Waals surface area contributed by atoms with E-state index in [2.05, 4.69) is 25.5 Å². The highest BCUT2D eigenvalue weighted by Gasteiger charge is 2.17. The minimum atomic E-state index is -1.13. The van der Waals surface area contributed by atoms with Crippen molar-refractivity contribution in [1.82, 2.24) is 25.1 Å². The summed E-state index contributed by atoms with van der Waals surface area (Å²) in [5.41, 5.74) is 0.823. The Hall–Kier alpha value is -2.84. The summed E-state index contributed by atoms with van der Waals surface area (Å²) in [7, 11) is 1.57. The van der Waals surface area contributed by atoms with Crippen LogP contribution in [-0.2, 0) is 6.54 Å². The predicted molar refractivity (Wildman–Crippen MR) is 69.4 cm³/mol. The van der Waals surface area contributed by atoms with Crippen LogP contribution < -0.4 is 5.32 Å². The third-order valence-corrected chi connectivity index (χ3v) is 2.61. The first-order valence-electron chi connectivity index (χ1n) is 5.76. The van der Waals surface area contributed by atoms with Gasteiger partial charge in [-0.15, -0.1) is 0 Å². The van der Waals surface area contributed by atoms with Gasteiger partial charge in [-0.2, -0.15) is 5.10 Å². The maximum atomic E-state index is 12.0. The Labute approximate surface area is 114 Å². The van der Waals surface area contributed by atoms with Crippen LogP contribution in [0.25, 0.3) is 0 Å². The van der Waals surface area contributed by atoms with Crippen molar-refractivity contribution in [3.05, 3.63) is 29.6 Å². The molecule has 0 fully saturated rings. The summed E-state index contributed by atoms with van der Waals surface area (Å²) in [6, 6.07) is 1.12. The van der Waals surface area contributed by atoms with Crippen LogP contribution in [0.2, 0.25) is 0 Å². The molecule has 20 heavy (non-hydrogen) atoms. The van der Waals surface area contributed by atoms with E-state index in [1.807, 2.05) is 0 Å². The van der Waals surface area contributed by atoms with Crippen LogP contribution in [0.5, 0.6) is 0 Å². The molecule has 0 saturated heterocycles. The number of aryl methyl sites for hydroxylation is 1. The summed E-state index contributed by atoms with van der Waals surface area (Å²) in [4.78, 5) is 30.9. The molecule has 0 atom stereocenters. The molecule has 0 aliphatic rings. The molecule has 0 spiro atoms. The quantitative estimate of drug-likeness (QED) is 0.658. The topological polar surface area (TPSA) is 127 Å². The Morgan fingerprint density at radius 3 is 2.85 bits per heavy atom. The van der Waals surface area contributed by atoms with Crippen LogP contribution in [0.15, 0.2) is 12.4 Å². The van der Waals surface area contributed by atoms with Crippen molar-refractivity contribution in [2.24, 2.45) is 0 Å². The highest BCUT2D eigenvalue weighted by Crippen LogP contribution is 2.17. The number of aromatic carboxylic acids is 1. The zero-order valence-electron chi connectivity index (χ0n) is 11.0. The van der Waals surface area contributed by atoms with E-state index >= 15 is 0 Å². The van der Waals surface area contributed by atoms with Gasteiger partial charge in [-0.05, 0) is 13.0 Å². The average Bonchev–Trinajstić information content (AvgIpc) is 2.98. The fourth-order valence-electron chi connectivity index (χ4n) is 1.67. The Balaban J connectivity index is 2.05. The minimum absolute atomic E-state index is 0.0519. The molecule has 0 radical (unpaired) electrons. The van der Waals surface area contributed by atoms with Gasteiger partial charge in [-0.25, -0.2) is 14.6 Å². The molecule has 2 aromatic heterocycles. The molecule has 106 valence electrons. The van der Waals surface area contributed by atoms with Gasteiger partial charge >= 0.3 is 12.0 Å². The number of nitrogens with zero attached hydrogens (tertiary/aromatic N) is 3. The van der Waals surface area contributed by atoms with Crippen LogP contribution in [0, 0.1) is 6.92 Å². The lowest BCUT2D eigenvalue weighted by atomic mass is 10.3.